The van der Waals surface area contributed by atoms with Gasteiger partial charge < -0.3 is 9.72 Å². The van der Waals surface area contributed by atoms with Gasteiger partial charge in [0.25, 0.3) is 0 Å². The van der Waals surface area contributed by atoms with Crippen LogP contribution in [-0.2, 0) is 4.74 Å². The Bertz CT molecular complexity index is 1070. The molecule has 1 aliphatic heterocycles. The highest BCUT2D eigenvalue weighted by Gasteiger charge is 2.20. The minimum absolute atomic E-state index is 0.726. The first-order valence-corrected chi connectivity index (χ1v) is 8.40. The number of aromatic nitrogens is 2. The highest BCUT2D eigenvalue weighted by atomic mass is 35.5. The first-order chi connectivity index (χ1) is 12.1. The summed E-state index contributed by atoms with van der Waals surface area (Å²) in [7, 11) is 1.65. The number of fused-ring (bicyclic) bond motifs is 1. The predicted octanol–water partition coefficient (Wildman–Crippen LogP) is 4.96. The van der Waals surface area contributed by atoms with E-state index in [4.69, 9.17) is 21.5 Å². The summed E-state index contributed by atoms with van der Waals surface area (Å²) < 4.78 is 7.16. The number of hydrogen-bond donors (Lipinski definition) is 1. The summed E-state index contributed by atoms with van der Waals surface area (Å²) in [5.74, 6) is 0.726. The molecule has 0 spiro atoms. The van der Waals surface area contributed by atoms with Crippen LogP contribution in [0.25, 0.3) is 17.0 Å². The van der Waals surface area contributed by atoms with Gasteiger partial charge in [0.1, 0.15) is 11.5 Å². The van der Waals surface area contributed by atoms with Crippen LogP contribution >= 0.6 is 11.8 Å². The van der Waals surface area contributed by atoms with E-state index < -0.39 is 0 Å². The van der Waals surface area contributed by atoms with E-state index in [0.717, 1.165) is 45.2 Å². The van der Waals surface area contributed by atoms with Crippen molar-refractivity contribution in [2.24, 2.45) is 4.99 Å². The highest BCUT2D eigenvalue weighted by Crippen LogP contribution is 2.29. The van der Waals surface area contributed by atoms with Gasteiger partial charge in [0, 0.05) is 34.6 Å². The van der Waals surface area contributed by atoms with Crippen LogP contribution in [0.5, 0.6) is 0 Å². The number of allylic oxidation sites excluding steroid dienone is 1. The Morgan fingerprint density at radius 2 is 2.00 bits per heavy atom. The van der Waals surface area contributed by atoms with Crippen molar-refractivity contribution in [3.05, 3.63) is 76.6 Å². The number of aryl methyl sites for hydroxylation is 2. The Kier molecular flexibility index (Phi) is 3.77. The van der Waals surface area contributed by atoms with E-state index in [1.807, 2.05) is 49.4 Å². The monoisotopic (exact) mass is 351 g/mol. The maximum Gasteiger partial charge on any atom is 0.146 e. The van der Waals surface area contributed by atoms with Crippen LogP contribution < -0.4 is 0 Å². The summed E-state index contributed by atoms with van der Waals surface area (Å²) in [4.78, 5) is 8.09. The first kappa shape index (κ1) is 15.8. The topological polar surface area (TPSA) is 42.3 Å². The van der Waals surface area contributed by atoms with E-state index in [9.17, 15) is 0 Å². The number of benzene rings is 1. The standard InChI is InChI=1S/C20H18ClN3O/c1-12-8-13(2)22-15(12)10-17-20(25-3)11-16(23-17)19-9-14-6-4-5-7-18(14)24(19)21/h4-11,22H,1-3H3. The maximum atomic E-state index is 6.50. The minimum Gasteiger partial charge on any atom is -0.494 e. The third kappa shape index (κ3) is 2.68. The van der Waals surface area contributed by atoms with Gasteiger partial charge in [-0.05, 0) is 43.7 Å². The molecule has 1 N–H and O–H groups in total. The summed E-state index contributed by atoms with van der Waals surface area (Å²) in [5, 5.41) is 1.08. The van der Waals surface area contributed by atoms with Gasteiger partial charge in [-0.1, -0.05) is 18.2 Å². The number of H-pyrrole nitrogens is 1. The zero-order valence-corrected chi connectivity index (χ0v) is 15.1. The van der Waals surface area contributed by atoms with Crippen molar-refractivity contribution in [3.63, 3.8) is 0 Å². The largest absolute Gasteiger partial charge is 0.494 e. The van der Waals surface area contributed by atoms with Crippen molar-refractivity contribution in [2.75, 3.05) is 7.11 Å². The third-order valence-corrected chi connectivity index (χ3v) is 4.73. The average Bonchev–Trinajstić information content (AvgIpc) is 3.24. The predicted molar refractivity (Wildman–Crippen MR) is 103 cm³/mol. The molecule has 0 radical (unpaired) electrons. The first-order valence-electron chi connectivity index (χ1n) is 8.06. The second kappa shape index (κ2) is 5.97. The molecule has 126 valence electrons. The normalized spacial score (nSPS) is 15.8. The molecule has 4 nitrogen and oxygen atoms in total. The van der Waals surface area contributed by atoms with E-state index in [1.54, 1.807) is 11.2 Å². The molecule has 1 aliphatic rings. The molecule has 0 aliphatic carbocycles. The molecule has 0 bridgehead atoms. The van der Waals surface area contributed by atoms with Crippen LogP contribution in [-0.4, -0.2) is 21.9 Å². The second-order valence-electron chi connectivity index (χ2n) is 6.16. The number of hydrogen-bond acceptors (Lipinski definition) is 2. The van der Waals surface area contributed by atoms with Crippen molar-refractivity contribution >= 4 is 34.5 Å². The molecule has 0 atom stereocenters. The lowest BCUT2D eigenvalue weighted by Crippen LogP contribution is -1.98. The molecule has 0 fully saturated rings. The molecule has 0 unspecified atom stereocenters. The maximum absolute atomic E-state index is 6.50. The van der Waals surface area contributed by atoms with Gasteiger partial charge in [-0.15, -0.1) is 0 Å². The molecule has 0 amide bonds. The Labute approximate surface area is 151 Å². The number of rotatable bonds is 3. The van der Waals surface area contributed by atoms with Gasteiger partial charge in [0.05, 0.1) is 24.0 Å². The number of halogens is 1. The van der Waals surface area contributed by atoms with Crippen molar-refractivity contribution < 1.29 is 4.74 Å². The fourth-order valence-electron chi connectivity index (χ4n) is 3.15. The van der Waals surface area contributed by atoms with Gasteiger partial charge in [0.2, 0.25) is 0 Å². The Morgan fingerprint density at radius 3 is 2.68 bits per heavy atom. The molecular formula is C20H18ClN3O. The lowest BCUT2D eigenvalue weighted by atomic mass is 10.2. The number of methoxy groups -OCH3 is 1. The molecule has 1 aromatic carbocycles. The average molecular weight is 352 g/mol. The molecule has 0 saturated carbocycles. The smallest absolute Gasteiger partial charge is 0.146 e. The van der Waals surface area contributed by atoms with E-state index >= 15 is 0 Å². The van der Waals surface area contributed by atoms with Gasteiger partial charge in [-0.25, -0.2) is 4.99 Å². The molecule has 2 aromatic heterocycles. The molecule has 3 heterocycles. The van der Waals surface area contributed by atoms with Crippen molar-refractivity contribution in [1.29, 1.82) is 0 Å². The SMILES string of the molecule is COC1=CC(c2cc3ccccc3n2Cl)=NC1=Cc1[nH]c(C)cc1C. The summed E-state index contributed by atoms with van der Waals surface area (Å²) in [6.45, 7) is 4.11. The zero-order valence-electron chi connectivity index (χ0n) is 14.3. The number of ether oxygens (including phenoxy) is 1. The van der Waals surface area contributed by atoms with Crippen LogP contribution in [0, 0.1) is 13.8 Å². The van der Waals surface area contributed by atoms with Crippen molar-refractivity contribution in [2.45, 2.75) is 13.8 Å². The molecule has 3 aromatic rings. The van der Waals surface area contributed by atoms with Gasteiger partial charge >= 0.3 is 0 Å². The molecular weight excluding hydrogens is 334 g/mol. The number of aromatic amines is 1. The van der Waals surface area contributed by atoms with Crippen LogP contribution in [0.15, 0.2) is 58.9 Å². The highest BCUT2D eigenvalue weighted by molar-refractivity contribution is 6.25. The quantitative estimate of drug-likeness (QED) is 0.711. The van der Waals surface area contributed by atoms with Crippen molar-refractivity contribution in [1.82, 2.24) is 9.07 Å². The number of nitrogens with one attached hydrogen (secondary N) is 1. The number of aliphatic imine (C=N–C) groups is 1. The lowest BCUT2D eigenvalue weighted by Gasteiger charge is -2.01. The van der Waals surface area contributed by atoms with E-state index in [-0.39, 0.29) is 0 Å². The Morgan fingerprint density at radius 1 is 1.20 bits per heavy atom. The number of nitrogens with zero attached hydrogens (tertiary/aromatic N) is 2. The lowest BCUT2D eigenvalue weighted by molar-refractivity contribution is 0.303. The zero-order chi connectivity index (χ0) is 17.6. The van der Waals surface area contributed by atoms with E-state index in [2.05, 4.69) is 18.0 Å². The second-order valence-corrected chi connectivity index (χ2v) is 6.50. The van der Waals surface area contributed by atoms with Gasteiger partial charge in [-0.2, -0.15) is 0 Å². The molecule has 4 rings (SSSR count). The Hall–Kier alpha value is -2.72. The van der Waals surface area contributed by atoms with Gasteiger partial charge in [0.15, 0.2) is 0 Å². The van der Waals surface area contributed by atoms with Crippen molar-refractivity contribution in [3.8, 4) is 0 Å². The van der Waals surface area contributed by atoms with Crippen LogP contribution in [0.1, 0.15) is 22.6 Å². The fourth-order valence-corrected chi connectivity index (χ4v) is 3.44. The van der Waals surface area contributed by atoms with Gasteiger partial charge in [-0.3, -0.25) is 4.09 Å². The van der Waals surface area contributed by atoms with Crippen LogP contribution in [0.4, 0.5) is 0 Å². The van der Waals surface area contributed by atoms with Crippen LogP contribution in [0.3, 0.4) is 0 Å². The third-order valence-electron chi connectivity index (χ3n) is 4.37. The summed E-state index contributed by atoms with van der Waals surface area (Å²) in [5.41, 5.74) is 6.71. The summed E-state index contributed by atoms with van der Waals surface area (Å²) in [6.07, 6.45) is 3.93. The minimum atomic E-state index is 0.726. The van der Waals surface area contributed by atoms with E-state index in [1.165, 1.54) is 5.56 Å². The number of para-hydroxylation sites is 1. The van der Waals surface area contributed by atoms with Crippen LogP contribution in [0.2, 0.25) is 0 Å². The molecule has 25 heavy (non-hydrogen) atoms. The molecule has 5 heteroatoms. The van der Waals surface area contributed by atoms with E-state index in [0.29, 0.717) is 0 Å². The molecule has 0 saturated heterocycles. The fraction of sp³-hybridized carbons (Fsp3) is 0.150. The summed E-state index contributed by atoms with van der Waals surface area (Å²) in [6, 6.07) is 12.1. The Balaban J connectivity index is 1.81. The summed E-state index contributed by atoms with van der Waals surface area (Å²) >= 11 is 6.50.